The Balaban J connectivity index is 2.88. The van der Waals surface area contributed by atoms with Gasteiger partial charge < -0.3 is 20.1 Å². The third kappa shape index (κ3) is 3.15. The third-order valence-electron chi connectivity index (χ3n) is 3.02. The molecule has 0 bridgehead atoms. The maximum absolute atomic E-state index is 12.0. The van der Waals surface area contributed by atoms with Gasteiger partial charge in [0.05, 0.1) is 12.8 Å². The molecule has 0 unspecified atom stereocenters. The van der Waals surface area contributed by atoms with Crippen molar-refractivity contribution in [2.75, 3.05) is 19.5 Å². The Bertz CT molecular complexity index is 485. The highest BCUT2D eigenvalue weighted by Gasteiger charge is 2.35. The molecule has 0 aliphatic heterocycles. The molecule has 2 amide bonds. The minimum absolute atomic E-state index is 0.489. The molecular weight excluding hydrogens is 248 g/mol. The van der Waals surface area contributed by atoms with Crippen LogP contribution >= 0.6 is 0 Å². The van der Waals surface area contributed by atoms with Crippen LogP contribution < -0.4 is 10.1 Å². The minimum Gasteiger partial charge on any atom is -0.495 e. The summed E-state index contributed by atoms with van der Waals surface area (Å²) in [5, 5.41) is 11.7. The number of amides is 2. The van der Waals surface area contributed by atoms with E-state index in [1.165, 1.54) is 28.0 Å². The van der Waals surface area contributed by atoms with Crippen molar-refractivity contribution in [2.45, 2.75) is 19.4 Å². The van der Waals surface area contributed by atoms with E-state index in [4.69, 9.17) is 9.84 Å². The summed E-state index contributed by atoms with van der Waals surface area (Å²) < 4.78 is 5.11. The van der Waals surface area contributed by atoms with E-state index >= 15 is 0 Å². The van der Waals surface area contributed by atoms with Crippen LogP contribution in [0.4, 0.5) is 10.5 Å². The monoisotopic (exact) mass is 266 g/mol. The average Bonchev–Trinajstić information content (AvgIpc) is 2.38. The molecule has 2 N–H and O–H groups in total. The van der Waals surface area contributed by atoms with Crippen molar-refractivity contribution in [1.29, 1.82) is 0 Å². The first-order chi connectivity index (χ1) is 8.80. The predicted octanol–water partition coefficient (Wildman–Crippen LogP) is 2.02. The van der Waals surface area contributed by atoms with Gasteiger partial charge in [0.15, 0.2) is 0 Å². The molecule has 0 radical (unpaired) electrons. The lowest BCUT2D eigenvalue weighted by molar-refractivity contribution is -0.146. The van der Waals surface area contributed by atoms with E-state index in [1.807, 2.05) is 0 Å². The smallest absolute Gasteiger partial charge is 0.329 e. The van der Waals surface area contributed by atoms with Crippen molar-refractivity contribution in [2.24, 2.45) is 0 Å². The molecule has 1 rings (SSSR count). The SMILES string of the molecule is COc1ccccc1NC(=O)N(C)C(C)(C)C(=O)O. The Morgan fingerprint density at radius 2 is 1.89 bits per heavy atom. The number of likely N-dealkylation sites (N-methyl/N-ethyl adjacent to an activating group) is 1. The molecule has 0 saturated heterocycles. The number of urea groups is 1. The summed E-state index contributed by atoms with van der Waals surface area (Å²) >= 11 is 0. The molecule has 1 aromatic rings. The normalized spacial score (nSPS) is 10.7. The van der Waals surface area contributed by atoms with Crippen LogP contribution in [0, 0.1) is 0 Å². The van der Waals surface area contributed by atoms with Crippen LogP contribution in [0.1, 0.15) is 13.8 Å². The summed E-state index contributed by atoms with van der Waals surface area (Å²) in [6.45, 7) is 2.91. The molecule has 6 nitrogen and oxygen atoms in total. The quantitative estimate of drug-likeness (QED) is 0.873. The number of benzene rings is 1. The fraction of sp³-hybridized carbons (Fsp3) is 0.385. The van der Waals surface area contributed by atoms with Crippen molar-refractivity contribution >= 4 is 17.7 Å². The van der Waals surface area contributed by atoms with E-state index in [9.17, 15) is 9.59 Å². The molecule has 0 aromatic heterocycles. The van der Waals surface area contributed by atoms with Crippen LogP contribution in [0.5, 0.6) is 5.75 Å². The summed E-state index contributed by atoms with van der Waals surface area (Å²) in [5.74, 6) is -0.567. The topological polar surface area (TPSA) is 78.9 Å². The standard InChI is InChI=1S/C13H18N2O4/c1-13(2,11(16)17)15(3)12(18)14-9-7-5-6-8-10(9)19-4/h5-8H,1-4H3,(H,14,18)(H,16,17). The number of anilines is 1. The van der Waals surface area contributed by atoms with E-state index in [2.05, 4.69) is 5.32 Å². The summed E-state index contributed by atoms with van der Waals surface area (Å²) in [6.07, 6.45) is 0. The van der Waals surface area contributed by atoms with Crippen LogP contribution in [0.3, 0.4) is 0 Å². The van der Waals surface area contributed by atoms with Gasteiger partial charge in [-0.3, -0.25) is 0 Å². The second-order valence-corrected chi connectivity index (χ2v) is 4.55. The van der Waals surface area contributed by atoms with E-state index in [0.29, 0.717) is 11.4 Å². The lowest BCUT2D eigenvalue weighted by Gasteiger charge is -2.31. The second kappa shape index (κ2) is 5.60. The maximum Gasteiger partial charge on any atom is 0.329 e. The lowest BCUT2D eigenvalue weighted by Crippen LogP contribution is -2.52. The first-order valence-corrected chi connectivity index (χ1v) is 5.72. The number of nitrogens with one attached hydrogen (secondary N) is 1. The molecule has 0 fully saturated rings. The van der Waals surface area contributed by atoms with Crippen molar-refractivity contribution in [3.05, 3.63) is 24.3 Å². The van der Waals surface area contributed by atoms with Gasteiger partial charge in [-0.2, -0.15) is 0 Å². The Kier molecular flexibility index (Phi) is 4.37. The Morgan fingerprint density at radius 3 is 2.42 bits per heavy atom. The molecule has 0 aliphatic carbocycles. The molecule has 0 aliphatic rings. The van der Waals surface area contributed by atoms with Gasteiger partial charge in [0.25, 0.3) is 0 Å². The highest BCUT2D eigenvalue weighted by Crippen LogP contribution is 2.24. The molecule has 0 saturated carbocycles. The second-order valence-electron chi connectivity index (χ2n) is 4.55. The zero-order valence-electron chi connectivity index (χ0n) is 11.4. The van der Waals surface area contributed by atoms with Crippen LogP contribution in [0.25, 0.3) is 0 Å². The summed E-state index contributed by atoms with van der Waals surface area (Å²) in [5.41, 5.74) is -0.811. The number of hydrogen-bond donors (Lipinski definition) is 2. The Labute approximate surface area is 112 Å². The maximum atomic E-state index is 12.0. The fourth-order valence-electron chi connectivity index (χ4n) is 1.34. The number of carbonyl (C=O) groups excluding carboxylic acids is 1. The Hall–Kier alpha value is -2.24. The number of carboxylic acids is 1. The number of ether oxygens (including phenoxy) is 1. The average molecular weight is 266 g/mol. The van der Waals surface area contributed by atoms with Gasteiger partial charge in [-0.25, -0.2) is 9.59 Å². The molecule has 1 aromatic carbocycles. The number of hydrogen-bond acceptors (Lipinski definition) is 3. The number of para-hydroxylation sites is 2. The molecule has 0 spiro atoms. The number of carboxylic acid groups (broad SMARTS) is 1. The van der Waals surface area contributed by atoms with E-state index in [0.717, 1.165) is 4.90 Å². The predicted molar refractivity (Wildman–Crippen MR) is 71.5 cm³/mol. The summed E-state index contributed by atoms with van der Waals surface area (Å²) in [4.78, 5) is 24.3. The molecule has 0 atom stereocenters. The van der Waals surface area contributed by atoms with Gasteiger partial charge in [0, 0.05) is 7.05 Å². The van der Waals surface area contributed by atoms with Crippen molar-refractivity contribution in [3.8, 4) is 5.75 Å². The lowest BCUT2D eigenvalue weighted by atomic mass is 10.1. The van der Waals surface area contributed by atoms with Crippen LogP contribution in [0.15, 0.2) is 24.3 Å². The van der Waals surface area contributed by atoms with Gasteiger partial charge in [-0.1, -0.05) is 12.1 Å². The van der Waals surface area contributed by atoms with Gasteiger partial charge >= 0.3 is 12.0 Å². The first-order valence-electron chi connectivity index (χ1n) is 5.72. The number of aliphatic carboxylic acids is 1. The van der Waals surface area contributed by atoms with Gasteiger partial charge in [0.1, 0.15) is 11.3 Å². The fourth-order valence-corrected chi connectivity index (χ4v) is 1.34. The van der Waals surface area contributed by atoms with Gasteiger partial charge in [-0.05, 0) is 26.0 Å². The number of rotatable bonds is 4. The third-order valence-corrected chi connectivity index (χ3v) is 3.02. The van der Waals surface area contributed by atoms with Crippen molar-refractivity contribution in [3.63, 3.8) is 0 Å². The minimum atomic E-state index is -1.30. The molecule has 104 valence electrons. The molecule has 0 heterocycles. The summed E-state index contributed by atoms with van der Waals surface area (Å²) in [6, 6.07) is 6.40. The van der Waals surface area contributed by atoms with E-state index < -0.39 is 17.5 Å². The highest BCUT2D eigenvalue weighted by molar-refractivity contribution is 5.94. The number of nitrogens with zero attached hydrogens (tertiary/aromatic N) is 1. The largest absolute Gasteiger partial charge is 0.495 e. The number of methoxy groups -OCH3 is 1. The zero-order chi connectivity index (χ0) is 14.6. The number of carbonyl (C=O) groups is 2. The van der Waals surface area contributed by atoms with Crippen molar-refractivity contribution < 1.29 is 19.4 Å². The van der Waals surface area contributed by atoms with Gasteiger partial charge in [0.2, 0.25) is 0 Å². The molecular formula is C13H18N2O4. The van der Waals surface area contributed by atoms with E-state index in [-0.39, 0.29) is 0 Å². The van der Waals surface area contributed by atoms with Crippen molar-refractivity contribution in [1.82, 2.24) is 4.90 Å². The molecule has 19 heavy (non-hydrogen) atoms. The van der Waals surface area contributed by atoms with E-state index in [1.54, 1.807) is 24.3 Å². The van der Waals surface area contributed by atoms with Gasteiger partial charge in [-0.15, -0.1) is 0 Å². The summed E-state index contributed by atoms with van der Waals surface area (Å²) in [7, 11) is 2.93. The Morgan fingerprint density at radius 1 is 1.32 bits per heavy atom. The van der Waals surface area contributed by atoms with Crippen LogP contribution in [-0.2, 0) is 4.79 Å². The highest BCUT2D eigenvalue weighted by atomic mass is 16.5. The van der Waals surface area contributed by atoms with Crippen LogP contribution in [-0.4, -0.2) is 41.7 Å². The first kappa shape index (κ1) is 14.8. The zero-order valence-corrected chi connectivity index (χ0v) is 11.4. The molecule has 6 heteroatoms. The van der Waals surface area contributed by atoms with Crippen LogP contribution in [0.2, 0.25) is 0 Å².